The van der Waals surface area contributed by atoms with Gasteiger partial charge in [0.2, 0.25) is 10.0 Å². The zero-order valence-corrected chi connectivity index (χ0v) is 11.4. The lowest BCUT2D eigenvalue weighted by atomic mass is 10.0. The Balaban J connectivity index is 2.18. The van der Waals surface area contributed by atoms with Gasteiger partial charge in [-0.25, -0.2) is 8.42 Å². The van der Waals surface area contributed by atoms with Gasteiger partial charge < -0.3 is 5.11 Å². The highest BCUT2D eigenvalue weighted by molar-refractivity contribution is 7.89. The van der Waals surface area contributed by atoms with Crippen LogP contribution in [0, 0.1) is 5.92 Å². The molecule has 1 aliphatic heterocycles. The molecule has 0 radical (unpaired) electrons. The predicted molar refractivity (Wildman–Crippen MR) is 67.4 cm³/mol. The second kappa shape index (κ2) is 5.06. The van der Waals surface area contributed by atoms with Gasteiger partial charge in [0.15, 0.2) is 0 Å². The van der Waals surface area contributed by atoms with Crippen molar-refractivity contribution in [3.05, 3.63) is 16.3 Å². The van der Waals surface area contributed by atoms with Gasteiger partial charge in [0.1, 0.15) is 0 Å². The SMILES string of the molecule is CC1CCN(S(=O)(=O)c2csc(CO)c2)CC1. The van der Waals surface area contributed by atoms with E-state index in [-0.39, 0.29) is 6.61 Å². The maximum absolute atomic E-state index is 12.3. The number of sulfonamides is 1. The molecule has 1 aromatic heterocycles. The third kappa shape index (κ3) is 2.70. The lowest BCUT2D eigenvalue weighted by Gasteiger charge is -2.29. The Morgan fingerprint density at radius 3 is 2.65 bits per heavy atom. The van der Waals surface area contributed by atoms with Crippen LogP contribution < -0.4 is 0 Å². The van der Waals surface area contributed by atoms with Crippen LogP contribution in [-0.2, 0) is 16.6 Å². The van der Waals surface area contributed by atoms with Gasteiger partial charge in [-0.1, -0.05) is 6.92 Å². The fraction of sp³-hybridized carbons (Fsp3) is 0.636. The van der Waals surface area contributed by atoms with Gasteiger partial charge in [0, 0.05) is 23.3 Å². The third-order valence-electron chi connectivity index (χ3n) is 3.17. The van der Waals surface area contributed by atoms with Crippen LogP contribution in [0.3, 0.4) is 0 Å². The normalized spacial score (nSPS) is 19.6. The number of hydrogen-bond donors (Lipinski definition) is 1. The molecule has 2 heterocycles. The molecule has 1 fully saturated rings. The van der Waals surface area contributed by atoms with Gasteiger partial charge in [-0.3, -0.25) is 0 Å². The van der Waals surface area contributed by atoms with Crippen LogP contribution in [0.5, 0.6) is 0 Å². The molecule has 4 nitrogen and oxygen atoms in total. The van der Waals surface area contributed by atoms with E-state index in [2.05, 4.69) is 6.92 Å². The minimum Gasteiger partial charge on any atom is -0.391 e. The summed E-state index contributed by atoms with van der Waals surface area (Å²) < 4.78 is 26.1. The van der Waals surface area contributed by atoms with Crippen molar-refractivity contribution in [1.29, 1.82) is 0 Å². The minimum absolute atomic E-state index is 0.1000. The molecule has 0 bridgehead atoms. The smallest absolute Gasteiger partial charge is 0.243 e. The molecule has 0 aromatic carbocycles. The Labute approximate surface area is 106 Å². The fourth-order valence-electron chi connectivity index (χ4n) is 1.95. The number of nitrogens with zero attached hydrogens (tertiary/aromatic N) is 1. The van der Waals surface area contributed by atoms with Crippen molar-refractivity contribution in [2.45, 2.75) is 31.3 Å². The molecule has 17 heavy (non-hydrogen) atoms. The Kier molecular flexibility index (Phi) is 3.87. The number of thiophene rings is 1. The first-order valence-corrected chi connectivity index (χ1v) is 8.04. The van der Waals surface area contributed by atoms with Crippen LogP contribution in [0.15, 0.2) is 16.3 Å². The number of aliphatic hydroxyl groups is 1. The van der Waals surface area contributed by atoms with Crippen LogP contribution in [0.4, 0.5) is 0 Å². The Morgan fingerprint density at radius 1 is 1.47 bits per heavy atom. The van der Waals surface area contributed by atoms with Crippen LogP contribution in [0.2, 0.25) is 0 Å². The van der Waals surface area contributed by atoms with E-state index in [4.69, 9.17) is 5.11 Å². The standard InChI is InChI=1S/C11H17NO3S2/c1-9-2-4-12(5-3-9)17(14,15)11-6-10(7-13)16-8-11/h6,8-9,13H,2-5,7H2,1H3. The van der Waals surface area contributed by atoms with Gasteiger partial charge >= 0.3 is 0 Å². The van der Waals surface area contributed by atoms with Gasteiger partial charge in [-0.2, -0.15) is 4.31 Å². The average Bonchev–Trinajstić information content (AvgIpc) is 2.78. The van der Waals surface area contributed by atoms with E-state index in [1.165, 1.54) is 11.3 Å². The molecule has 1 saturated heterocycles. The molecule has 0 aliphatic carbocycles. The van der Waals surface area contributed by atoms with Crippen molar-refractivity contribution in [1.82, 2.24) is 4.31 Å². The highest BCUT2D eigenvalue weighted by Gasteiger charge is 2.28. The summed E-state index contributed by atoms with van der Waals surface area (Å²) in [7, 11) is -3.34. The summed E-state index contributed by atoms with van der Waals surface area (Å²) >= 11 is 1.29. The lowest BCUT2D eigenvalue weighted by Crippen LogP contribution is -2.37. The summed E-state index contributed by atoms with van der Waals surface area (Å²) in [6.07, 6.45) is 1.85. The fourth-order valence-corrected chi connectivity index (χ4v) is 4.54. The molecule has 0 amide bonds. The summed E-state index contributed by atoms with van der Waals surface area (Å²) in [4.78, 5) is 1.01. The monoisotopic (exact) mass is 275 g/mol. The van der Waals surface area contributed by atoms with Crippen molar-refractivity contribution in [2.75, 3.05) is 13.1 Å². The number of aliphatic hydroxyl groups excluding tert-OH is 1. The molecular formula is C11H17NO3S2. The summed E-state index contributed by atoms with van der Waals surface area (Å²) in [5, 5.41) is 10.6. The molecular weight excluding hydrogens is 258 g/mol. The molecule has 1 N–H and O–H groups in total. The maximum Gasteiger partial charge on any atom is 0.243 e. The predicted octanol–water partition coefficient (Wildman–Crippen LogP) is 1.66. The van der Waals surface area contributed by atoms with Gasteiger partial charge in [-0.15, -0.1) is 11.3 Å². The summed E-state index contributed by atoms with van der Waals surface area (Å²) in [5.41, 5.74) is 0. The van der Waals surface area contributed by atoms with Crippen molar-refractivity contribution in [2.24, 2.45) is 5.92 Å². The van der Waals surface area contributed by atoms with Gasteiger partial charge in [0.25, 0.3) is 0 Å². The molecule has 96 valence electrons. The van der Waals surface area contributed by atoms with E-state index in [0.29, 0.717) is 28.8 Å². The van der Waals surface area contributed by atoms with E-state index < -0.39 is 10.0 Å². The minimum atomic E-state index is -3.34. The van der Waals surface area contributed by atoms with Crippen molar-refractivity contribution in [3.63, 3.8) is 0 Å². The molecule has 0 saturated carbocycles. The van der Waals surface area contributed by atoms with Crippen molar-refractivity contribution in [3.8, 4) is 0 Å². The van der Waals surface area contributed by atoms with E-state index in [1.54, 1.807) is 15.8 Å². The first-order valence-electron chi connectivity index (χ1n) is 5.72. The van der Waals surface area contributed by atoms with E-state index in [1.807, 2.05) is 0 Å². The molecule has 2 rings (SSSR count). The Hall–Kier alpha value is -0.430. The summed E-state index contributed by atoms with van der Waals surface area (Å²) in [5.74, 6) is 0.608. The zero-order chi connectivity index (χ0) is 12.5. The quantitative estimate of drug-likeness (QED) is 0.912. The molecule has 6 heteroatoms. The number of rotatable bonds is 3. The first-order chi connectivity index (χ1) is 8.04. The topological polar surface area (TPSA) is 57.6 Å². The highest BCUT2D eigenvalue weighted by atomic mass is 32.2. The van der Waals surface area contributed by atoms with Crippen LogP contribution in [0.1, 0.15) is 24.6 Å². The van der Waals surface area contributed by atoms with Crippen molar-refractivity contribution < 1.29 is 13.5 Å². The third-order valence-corrected chi connectivity index (χ3v) is 6.11. The molecule has 0 spiro atoms. The van der Waals surface area contributed by atoms with Gasteiger partial charge in [0.05, 0.1) is 11.5 Å². The van der Waals surface area contributed by atoms with Gasteiger partial charge in [-0.05, 0) is 24.8 Å². The summed E-state index contributed by atoms with van der Waals surface area (Å²) in [6, 6.07) is 1.57. The van der Waals surface area contributed by atoms with E-state index >= 15 is 0 Å². The second-order valence-electron chi connectivity index (χ2n) is 4.49. The zero-order valence-electron chi connectivity index (χ0n) is 9.80. The van der Waals surface area contributed by atoms with Crippen LogP contribution in [0.25, 0.3) is 0 Å². The van der Waals surface area contributed by atoms with Crippen molar-refractivity contribution >= 4 is 21.4 Å². The highest BCUT2D eigenvalue weighted by Crippen LogP contribution is 2.26. The molecule has 1 aromatic rings. The molecule has 0 unspecified atom stereocenters. The van der Waals surface area contributed by atoms with Crippen LogP contribution >= 0.6 is 11.3 Å². The Morgan fingerprint density at radius 2 is 2.12 bits per heavy atom. The van der Waals surface area contributed by atoms with E-state index in [9.17, 15) is 8.42 Å². The maximum atomic E-state index is 12.3. The largest absolute Gasteiger partial charge is 0.391 e. The number of hydrogen-bond acceptors (Lipinski definition) is 4. The summed E-state index contributed by atoms with van der Waals surface area (Å²) in [6.45, 7) is 3.26. The lowest BCUT2D eigenvalue weighted by molar-refractivity contribution is 0.284. The second-order valence-corrected chi connectivity index (χ2v) is 7.43. The van der Waals surface area contributed by atoms with E-state index in [0.717, 1.165) is 12.8 Å². The molecule has 1 aliphatic rings. The molecule has 0 atom stereocenters. The van der Waals surface area contributed by atoms with Crippen LogP contribution in [-0.4, -0.2) is 30.9 Å². The number of piperidine rings is 1. The Bertz CT molecular complexity index is 473. The first kappa shape index (κ1) is 13.0. The average molecular weight is 275 g/mol.